The number of halogens is 1. The van der Waals surface area contributed by atoms with Gasteiger partial charge in [0.15, 0.2) is 0 Å². The number of primary amides is 1. The zero-order chi connectivity index (χ0) is 22.7. The average Bonchev–Trinajstić information content (AvgIpc) is 3.26. The molecule has 172 valence electrons. The third-order valence-corrected chi connectivity index (χ3v) is 6.61. The summed E-state index contributed by atoms with van der Waals surface area (Å²) in [5.74, 6) is -1.52. The van der Waals surface area contributed by atoms with E-state index in [1.54, 1.807) is 4.90 Å². The Morgan fingerprint density at radius 1 is 1.03 bits per heavy atom. The molecule has 2 unspecified atom stereocenters. The smallest absolute Gasteiger partial charge is 0.270 e. The van der Waals surface area contributed by atoms with Crippen molar-refractivity contribution in [1.29, 1.82) is 0 Å². The van der Waals surface area contributed by atoms with E-state index in [2.05, 4.69) is 10.4 Å². The van der Waals surface area contributed by atoms with Gasteiger partial charge in [-0.3, -0.25) is 19.4 Å². The number of likely N-dealkylation sites (tertiary alicyclic amines) is 1. The molecule has 1 aromatic rings. The second-order valence-corrected chi connectivity index (χ2v) is 8.92. The third kappa shape index (κ3) is 4.92. The van der Waals surface area contributed by atoms with Crippen LogP contribution in [-0.4, -0.2) is 53.5 Å². The molecule has 1 saturated heterocycles. The Balaban J connectivity index is 1.43. The molecule has 9 heteroatoms. The number of rotatable bonds is 5. The van der Waals surface area contributed by atoms with Crippen LogP contribution >= 0.6 is 0 Å². The van der Waals surface area contributed by atoms with Crippen LogP contribution in [0.25, 0.3) is 0 Å². The molecule has 2 aliphatic heterocycles. The lowest BCUT2D eigenvalue weighted by Crippen LogP contribution is -2.49. The monoisotopic (exact) mass is 443 g/mol. The maximum atomic E-state index is 13.3. The maximum Gasteiger partial charge on any atom is 0.270 e. The molecule has 8 nitrogen and oxygen atoms in total. The zero-order valence-electron chi connectivity index (χ0n) is 18.1. The van der Waals surface area contributed by atoms with Gasteiger partial charge >= 0.3 is 0 Å². The van der Waals surface area contributed by atoms with Gasteiger partial charge in [0.25, 0.3) is 5.91 Å². The molecule has 4 rings (SSSR count). The highest BCUT2D eigenvalue weighted by Gasteiger charge is 2.38. The Morgan fingerprint density at radius 2 is 1.75 bits per heavy atom. The molecule has 1 aliphatic carbocycles. The SMILES string of the molecule is NC(=O)C1CC(C(=O)N2CCCC(C(=O)NC3CCCCC3)C2)=NN1c1ccc(F)cc1. The molecule has 0 aromatic heterocycles. The predicted molar refractivity (Wildman–Crippen MR) is 118 cm³/mol. The van der Waals surface area contributed by atoms with Crippen molar-refractivity contribution in [3.8, 4) is 0 Å². The number of anilines is 1. The molecule has 2 heterocycles. The molecule has 0 radical (unpaired) electrons. The van der Waals surface area contributed by atoms with E-state index in [9.17, 15) is 18.8 Å². The van der Waals surface area contributed by atoms with Crippen molar-refractivity contribution < 1.29 is 18.8 Å². The van der Waals surface area contributed by atoms with E-state index in [0.717, 1.165) is 38.5 Å². The number of nitrogens with zero attached hydrogens (tertiary/aromatic N) is 3. The van der Waals surface area contributed by atoms with Crippen LogP contribution in [0.4, 0.5) is 10.1 Å². The standard InChI is InChI=1S/C23H30FN5O3/c24-16-8-10-18(11-9-16)29-20(21(25)30)13-19(27-29)23(32)28-12-4-5-15(14-28)22(31)26-17-6-2-1-3-7-17/h8-11,15,17,20H,1-7,12-14H2,(H2,25,30)(H,26,31). The first-order valence-corrected chi connectivity index (χ1v) is 11.4. The fourth-order valence-corrected chi connectivity index (χ4v) is 4.82. The molecule has 2 fully saturated rings. The summed E-state index contributed by atoms with van der Waals surface area (Å²) in [5.41, 5.74) is 6.26. The van der Waals surface area contributed by atoms with Gasteiger partial charge in [-0.15, -0.1) is 0 Å². The lowest BCUT2D eigenvalue weighted by atomic mass is 9.92. The minimum absolute atomic E-state index is 0.0192. The molecule has 3 aliphatic rings. The number of carbonyl (C=O) groups is 3. The first kappa shape index (κ1) is 22.2. The van der Waals surface area contributed by atoms with Gasteiger partial charge in [0.1, 0.15) is 17.6 Å². The molecule has 3 amide bonds. The first-order chi connectivity index (χ1) is 15.4. The molecule has 0 spiro atoms. The zero-order valence-corrected chi connectivity index (χ0v) is 18.1. The summed E-state index contributed by atoms with van der Waals surface area (Å²) >= 11 is 0. The van der Waals surface area contributed by atoms with Crippen LogP contribution in [0.5, 0.6) is 0 Å². The Morgan fingerprint density at radius 3 is 2.44 bits per heavy atom. The van der Waals surface area contributed by atoms with Crippen LogP contribution < -0.4 is 16.1 Å². The Labute approximate surface area is 187 Å². The van der Waals surface area contributed by atoms with Crippen LogP contribution in [0, 0.1) is 11.7 Å². The van der Waals surface area contributed by atoms with Gasteiger partial charge < -0.3 is 16.0 Å². The highest BCUT2D eigenvalue weighted by molar-refractivity contribution is 6.40. The number of carbonyl (C=O) groups excluding carboxylic acids is 3. The molecule has 3 N–H and O–H groups in total. The average molecular weight is 444 g/mol. The highest BCUT2D eigenvalue weighted by atomic mass is 19.1. The van der Waals surface area contributed by atoms with Crippen molar-refractivity contribution in [3.63, 3.8) is 0 Å². The number of benzene rings is 1. The molecule has 2 atom stereocenters. The Hall–Kier alpha value is -2.97. The van der Waals surface area contributed by atoms with Crippen molar-refractivity contribution >= 4 is 29.1 Å². The van der Waals surface area contributed by atoms with Crippen molar-refractivity contribution in [2.75, 3.05) is 18.1 Å². The highest BCUT2D eigenvalue weighted by Crippen LogP contribution is 2.27. The summed E-state index contributed by atoms with van der Waals surface area (Å²) in [4.78, 5) is 39.6. The molecular weight excluding hydrogens is 413 g/mol. The van der Waals surface area contributed by atoms with Gasteiger partial charge in [0.2, 0.25) is 11.8 Å². The van der Waals surface area contributed by atoms with E-state index in [4.69, 9.17) is 5.73 Å². The normalized spacial score (nSPS) is 24.2. The number of nitrogens with two attached hydrogens (primary N) is 1. The van der Waals surface area contributed by atoms with E-state index in [1.165, 1.54) is 35.7 Å². The summed E-state index contributed by atoms with van der Waals surface area (Å²) < 4.78 is 13.3. The lowest BCUT2D eigenvalue weighted by Gasteiger charge is -2.33. The van der Waals surface area contributed by atoms with Gasteiger partial charge in [-0.2, -0.15) is 5.10 Å². The number of hydrazone groups is 1. The largest absolute Gasteiger partial charge is 0.368 e. The number of hydrogen-bond acceptors (Lipinski definition) is 5. The second-order valence-electron chi connectivity index (χ2n) is 8.92. The van der Waals surface area contributed by atoms with Crippen molar-refractivity contribution in [1.82, 2.24) is 10.2 Å². The topological polar surface area (TPSA) is 108 Å². The lowest BCUT2D eigenvalue weighted by molar-refractivity contribution is -0.131. The van der Waals surface area contributed by atoms with Gasteiger partial charge in [-0.05, 0) is 49.9 Å². The number of nitrogens with one attached hydrogen (secondary N) is 1. The van der Waals surface area contributed by atoms with E-state index in [0.29, 0.717) is 18.8 Å². The Kier molecular flexibility index (Phi) is 6.72. The number of amides is 3. The minimum atomic E-state index is -0.811. The molecule has 1 aromatic carbocycles. The summed E-state index contributed by atoms with van der Waals surface area (Å²) in [6, 6.07) is 4.95. The van der Waals surface area contributed by atoms with Crippen molar-refractivity contribution in [3.05, 3.63) is 30.1 Å². The van der Waals surface area contributed by atoms with E-state index in [1.807, 2.05) is 0 Å². The second kappa shape index (κ2) is 9.67. The molecule has 0 bridgehead atoms. The van der Waals surface area contributed by atoms with E-state index in [-0.39, 0.29) is 35.9 Å². The minimum Gasteiger partial charge on any atom is -0.368 e. The number of hydrogen-bond donors (Lipinski definition) is 2. The number of piperidine rings is 1. The Bertz CT molecular complexity index is 897. The third-order valence-electron chi connectivity index (χ3n) is 6.61. The maximum absolute atomic E-state index is 13.3. The fraction of sp³-hybridized carbons (Fsp3) is 0.565. The van der Waals surface area contributed by atoms with E-state index < -0.39 is 17.8 Å². The predicted octanol–water partition coefficient (Wildman–Crippen LogP) is 1.93. The summed E-state index contributed by atoms with van der Waals surface area (Å²) in [6.45, 7) is 0.886. The quantitative estimate of drug-likeness (QED) is 0.725. The van der Waals surface area contributed by atoms with Gasteiger partial charge in [0.05, 0.1) is 11.6 Å². The molecule has 32 heavy (non-hydrogen) atoms. The molecule has 1 saturated carbocycles. The van der Waals surface area contributed by atoms with E-state index >= 15 is 0 Å². The van der Waals surface area contributed by atoms with Gasteiger partial charge in [-0.1, -0.05) is 19.3 Å². The summed E-state index contributed by atoms with van der Waals surface area (Å²) in [6.07, 6.45) is 7.13. The molecular formula is C23H30FN5O3. The van der Waals surface area contributed by atoms with Gasteiger partial charge in [-0.25, -0.2) is 4.39 Å². The summed E-state index contributed by atoms with van der Waals surface area (Å²) in [7, 11) is 0. The van der Waals surface area contributed by atoms with Crippen LogP contribution in [0.15, 0.2) is 29.4 Å². The van der Waals surface area contributed by atoms with Gasteiger partial charge in [0, 0.05) is 25.6 Å². The van der Waals surface area contributed by atoms with Crippen LogP contribution in [-0.2, 0) is 14.4 Å². The van der Waals surface area contributed by atoms with Crippen LogP contribution in [0.1, 0.15) is 51.4 Å². The van der Waals surface area contributed by atoms with Crippen molar-refractivity contribution in [2.24, 2.45) is 16.8 Å². The van der Waals surface area contributed by atoms with Crippen molar-refractivity contribution in [2.45, 2.75) is 63.5 Å². The van der Waals surface area contributed by atoms with Crippen LogP contribution in [0.3, 0.4) is 0 Å². The fourth-order valence-electron chi connectivity index (χ4n) is 4.82. The van der Waals surface area contributed by atoms with Crippen LogP contribution in [0.2, 0.25) is 0 Å². The first-order valence-electron chi connectivity index (χ1n) is 11.4. The summed E-state index contributed by atoms with van der Waals surface area (Å²) in [5, 5.41) is 8.91.